The van der Waals surface area contributed by atoms with Crippen LogP contribution in [0.25, 0.3) is 10.9 Å². The summed E-state index contributed by atoms with van der Waals surface area (Å²) in [7, 11) is 0. The van der Waals surface area contributed by atoms with Crippen LogP contribution in [0.2, 0.25) is 0 Å². The number of rotatable bonds is 3. The maximum atomic E-state index is 10.9. The molecule has 0 radical (unpaired) electrons. The monoisotopic (exact) mass is 338 g/mol. The lowest BCUT2D eigenvalue weighted by Crippen LogP contribution is -2.35. The van der Waals surface area contributed by atoms with Crippen LogP contribution in [0, 0.1) is 10.1 Å². The summed E-state index contributed by atoms with van der Waals surface area (Å²) in [5.74, 6) is 1.18. The van der Waals surface area contributed by atoms with Crippen molar-refractivity contribution in [2.45, 2.75) is 18.8 Å². The highest BCUT2D eigenvalue weighted by atomic mass is 16.6. The molecular formula is C17H18N6O2. The molecule has 1 aromatic carbocycles. The van der Waals surface area contributed by atoms with Gasteiger partial charge >= 0.3 is 0 Å². The molecule has 128 valence electrons. The molecule has 25 heavy (non-hydrogen) atoms. The van der Waals surface area contributed by atoms with E-state index in [0.717, 1.165) is 48.3 Å². The molecule has 0 saturated carbocycles. The van der Waals surface area contributed by atoms with Gasteiger partial charge in [0.1, 0.15) is 5.82 Å². The fraction of sp³-hybridized carbons (Fsp3) is 0.294. The van der Waals surface area contributed by atoms with E-state index in [-0.39, 0.29) is 5.69 Å². The molecule has 1 fully saturated rings. The number of nitrogens with two attached hydrogens (primary N) is 1. The highest BCUT2D eigenvalue weighted by molar-refractivity contribution is 5.82. The second-order valence-electron chi connectivity index (χ2n) is 6.33. The lowest BCUT2D eigenvalue weighted by Gasteiger charge is -2.33. The summed E-state index contributed by atoms with van der Waals surface area (Å²) in [5.41, 5.74) is 8.51. The number of piperidine rings is 1. The fourth-order valence-corrected chi connectivity index (χ4v) is 3.45. The molecule has 3 N–H and O–H groups in total. The van der Waals surface area contributed by atoms with Crippen molar-refractivity contribution in [3.63, 3.8) is 0 Å². The van der Waals surface area contributed by atoms with Gasteiger partial charge in [-0.15, -0.1) is 0 Å². The number of pyridine rings is 1. The Morgan fingerprint density at radius 3 is 2.96 bits per heavy atom. The van der Waals surface area contributed by atoms with Gasteiger partial charge in [-0.3, -0.25) is 15.2 Å². The van der Waals surface area contributed by atoms with Gasteiger partial charge in [0.25, 0.3) is 5.69 Å². The van der Waals surface area contributed by atoms with E-state index in [0.29, 0.717) is 11.6 Å². The molecule has 3 aromatic rings. The van der Waals surface area contributed by atoms with E-state index in [9.17, 15) is 10.1 Å². The number of nitrogen functional groups attached to an aromatic ring is 1. The number of fused-ring (bicyclic) bond motifs is 1. The van der Waals surface area contributed by atoms with Gasteiger partial charge in [0.2, 0.25) is 0 Å². The zero-order valence-corrected chi connectivity index (χ0v) is 13.6. The zero-order valence-electron chi connectivity index (χ0n) is 13.6. The Labute approximate surface area is 143 Å². The van der Waals surface area contributed by atoms with Crippen LogP contribution in [0.4, 0.5) is 17.2 Å². The molecule has 0 amide bonds. The van der Waals surface area contributed by atoms with Crippen LogP contribution < -0.4 is 10.6 Å². The first-order valence-corrected chi connectivity index (χ1v) is 8.21. The number of hydrogen-bond donors (Lipinski definition) is 2. The van der Waals surface area contributed by atoms with E-state index in [1.807, 2.05) is 12.1 Å². The Morgan fingerprint density at radius 1 is 1.32 bits per heavy atom. The summed E-state index contributed by atoms with van der Waals surface area (Å²) in [4.78, 5) is 17.4. The minimum Gasteiger partial charge on any atom is -0.396 e. The Balaban J connectivity index is 1.61. The van der Waals surface area contributed by atoms with E-state index in [1.165, 1.54) is 6.07 Å². The maximum absolute atomic E-state index is 10.9. The number of nitro groups is 1. The molecule has 0 aliphatic carbocycles. The first-order valence-electron chi connectivity index (χ1n) is 8.21. The lowest BCUT2D eigenvalue weighted by molar-refractivity contribution is -0.384. The van der Waals surface area contributed by atoms with Crippen LogP contribution in [-0.4, -0.2) is 33.2 Å². The lowest BCUT2D eigenvalue weighted by atomic mass is 9.94. The third-order valence-corrected chi connectivity index (χ3v) is 4.72. The number of hydrogen-bond acceptors (Lipinski definition) is 6. The third kappa shape index (κ3) is 2.86. The third-order valence-electron chi connectivity index (χ3n) is 4.72. The van der Waals surface area contributed by atoms with E-state index < -0.39 is 4.92 Å². The Bertz CT molecular complexity index is 938. The summed E-state index contributed by atoms with van der Waals surface area (Å²) >= 11 is 0. The number of anilines is 2. The molecule has 1 saturated heterocycles. The molecule has 8 heteroatoms. The first kappa shape index (κ1) is 15.4. The maximum Gasteiger partial charge on any atom is 0.270 e. The molecule has 0 spiro atoms. The van der Waals surface area contributed by atoms with Crippen molar-refractivity contribution in [2.24, 2.45) is 0 Å². The number of benzene rings is 1. The van der Waals surface area contributed by atoms with Gasteiger partial charge in [0.05, 0.1) is 28.0 Å². The molecular weight excluding hydrogens is 320 g/mol. The molecule has 1 unspecified atom stereocenters. The number of nitrogens with one attached hydrogen (secondary N) is 1. The van der Waals surface area contributed by atoms with Gasteiger partial charge in [-0.2, -0.15) is 5.10 Å². The zero-order chi connectivity index (χ0) is 17.4. The Morgan fingerprint density at radius 2 is 2.20 bits per heavy atom. The van der Waals surface area contributed by atoms with Crippen LogP contribution in [0.1, 0.15) is 24.5 Å². The van der Waals surface area contributed by atoms with Crippen molar-refractivity contribution >= 4 is 28.1 Å². The highest BCUT2D eigenvalue weighted by Gasteiger charge is 2.25. The van der Waals surface area contributed by atoms with E-state index in [4.69, 9.17) is 5.73 Å². The SMILES string of the molecule is Nc1cn[nH]c1C1CCCN(c2ccc3cc([N+](=O)[O-])ccc3n2)C1. The largest absolute Gasteiger partial charge is 0.396 e. The quantitative estimate of drug-likeness (QED) is 0.560. The fourth-order valence-electron chi connectivity index (χ4n) is 3.45. The van der Waals surface area contributed by atoms with Gasteiger partial charge in [-0.05, 0) is 31.0 Å². The van der Waals surface area contributed by atoms with Crippen molar-refractivity contribution in [3.05, 3.63) is 52.3 Å². The summed E-state index contributed by atoms with van der Waals surface area (Å²) < 4.78 is 0. The predicted molar refractivity (Wildman–Crippen MR) is 95.6 cm³/mol. The van der Waals surface area contributed by atoms with Crippen LogP contribution in [-0.2, 0) is 0 Å². The molecule has 1 atom stereocenters. The molecule has 0 bridgehead atoms. The van der Waals surface area contributed by atoms with Gasteiger partial charge < -0.3 is 10.6 Å². The second kappa shape index (κ2) is 6.04. The van der Waals surface area contributed by atoms with Gasteiger partial charge in [0, 0.05) is 36.5 Å². The minimum absolute atomic E-state index is 0.0785. The average Bonchev–Trinajstić information content (AvgIpc) is 3.07. The van der Waals surface area contributed by atoms with E-state index in [1.54, 1.807) is 18.3 Å². The molecule has 1 aliphatic rings. The second-order valence-corrected chi connectivity index (χ2v) is 6.33. The first-order chi connectivity index (χ1) is 12.1. The van der Waals surface area contributed by atoms with Gasteiger partial charge in [-0.1, -0.05) is 0 Å². The standard InChI is InChI=1S/C17H18N6O2/c18-14-9-19-21-17(14)12-2-1-7-22(10-12)16-6-3-11-8-13(23(24)25)4-5-15(11)20-16/h3-6,8-9,12H,1-2,7,10,18H2,(H,19,21). The molecule has 1 aliphatic heterocycles. The molecule has 4 rings (SSSR count). The summed E-state index contributed by atoms with van der Waals surface area (Å²) in [5, 5.41) is 18.7. The van der Waals surface area contributed by atoms with Crippen LogP contribution in [0.15, 0.2) is 36.5 Å². The van der Waals surface area contributed by atoms with Crippen LogP contribution in [0.5, 0.6) is 0 Å². The van der Waals surface area contributed by atoms with E-state index >= 15 is 0 Å². The number of H-pyrrole nitrogens is 1. The van der Waals surface area contributed by atoms with Crippen molar-refractivity contribution in [2.75, 3.05) is 23.7 Å². The summed E-state index contributed by atoms with van der Waals surface area (Å²) in [6, 6.07) is 8.55. The van der Waals surface area contributed by atoms with Crippen molar-refractivity contribution in [3.8, 4) is 0 Å². The Kier molecular flexibility index (Phi) is 3.72. The predicted octanol–water partition coefficient (Wildman–Crippen LogP) is 2.83. The topological polar surface area (TPSA) is 114 Å². The molecule has 8 nitrogen and oxygen atoms in total. The van der Waals surface area contributed by atoms with Gasteiger partial charge in [-0.25, -0.2) is 4.98 Å². The highest BCUT2D eigenvalue weighted by Crippen LogP contribution is 2.31. The molecule has 2 aromatic heterocycles. The van der Waals surface area contributed by atoms with Crippen molar-refractivity contribution in [1.82, 2.24) is 15.2 Å². The van der Waals surface area contributed by atoms with Gasteiger partial charge in [0.15, 0.2) is 0 Å². The van der Waals surface area contributed by atoms with Crippen molar-refractivity contribution < 1.29 is 4.92 Å². The number of nitrogens with zero attached hydrogens (tertiary/aromatic N) is 4. The number of non-ortho nitro benzene ring substituents is 1. The minimum atomic E-state index is -0.391. The average molecular weight is 338 g/mol. The summed E-state index contributed by atoms with van der Waals surface area (Å²) in [6.07, 6.45) is 3.75. The number of nitro benzene ring substituents is 1. The number of aromatic amines is 1. The smallest absolute Gasteiger partial charge is 0.270 e. The van der Waals surface area contributed by atoms with Crippen molar-refractivity contribution in [1.29, 1.82) is 0 Å². The van der Waals surface area contributed by atoms with Crippen LogP contribution in [0.3, 0.4) is 0 Å². The normalized spacial score (nSPS) is 17.8. The Hall–Kier alpha value is -3.16. The summed E-state index contributed by atoms with van der Waals surface area (Å²) in [6.45, 7) is 1.74. The van der Waals surface area contributed by atoms with Crippen LogP contribution >= 0.6 is 0 Å². The molecule has 3 heterocycles. The van der Waals surface area contributed by atoms with E-state index in [2.05, 4.69) is 20.1 Å². The number of aromatic nitrogens is 3.